The third kappa shape index (κ3) is 3.63. The molecule has 1 amide bonds. The van der Waals surface area contributed by atoms with Gasteiger partial charge in [0, 0.05) is 13.0 Å². The van der Waals surface area contributed by atoms with Crippen molar-refractivity contribution in [2.24, 2.45) is 0 Å². The van der Waals surface area contributed by atoms with Gasteiger partial charge < -0.3 is 9.80 Å². The zero-order valence-electron chi connectivity index (χ0n) is 9.61. The summed E-state index contributed by atoms with van der Waals surface area (Å²) in [6.07, 6.45) is 4.17. The van der Waals surface area contributed by atoms with Crippen LogP contribution in [0.15, 0.2) is 0 Å². The summed E-state index contributed by atoms with van der Waals surface area (Å²) in [5.41, 5.74) is 0. The van der Waals surface area contributed by atoms with Gasteiger partial charge in [-0.25, -0.2) is 0 Å². The number of carbonyl (C=O) groups excluding carboxylic acids is 2. The third-order valence-corrected chi connectivity index (χ3v) is 2.83. The number of nitrogens with zero attached hydrogens (tertiary/aromatic N) is 2. The van der Waals surface area contributed by atoms with E-state index in [1.165, 1.54) is 0 Å². The van der Waals surface area contributed by atoms with Crippen molar-refractivity contribution in [3.05, 3.63) is 0 Å². The molecule has 0 aromatic carbocycles. The van der Waals surface area contributed by atoms with E-state index in [1.54, 1.807) is 4.90 Å². The van der Waals surface area contributed by atoms with Gasteiger partial charge in [0.2, 0.25) is 6.41 Å². The molecule has 4 nitrogen and oxygen atoms in total. The van der Waals surface area contributed by atoms with E-state index in [2.05, 4.69) is 4.90 Å². The summed E-state index contributed by atoms with van der Waals surface area (Å²) in [5.74, 6) is 0.229. The lowest BCUT2D eigenvalue weighted by Crippen LogP contribution is -2.38. The van der Waals surface area contributed by atoms with Crippen molar-refractivity contribution < 1.29 is 9.59 Å². The van der Waals surface area contributed by atoms with Crippen LogP contribution in [0.2, 0.25) is 0 Å². The fourth-order valence-electron chi connectivity index (χ4n) is 2.00. The Labute approximate surface area is 91.2 Å². The minimum atomic E-state index is -0.135. The molecule has 0 N–H and O–H groups in total. The monoisotopic (exact) mass is 212 g/mol. The summed E-state index contributed by atoms with van der Waals surface area (Å²) < 4.78 is 0. The molecule has 0 aromatic heterocycles. The molecule has 1 aliphatic rings. The van der Waals surface area contributed by atoms with Crippen molar-refractivity contribution in [1.82, 2.24) is 9.80 Å². The number of hydrogen-bond acceptors (Lipinski definition) is 3. The molecule has 86 valence electrons. The molecule has 0 aliphatic heterocycles. The Morgan fingerprint density at radius 2 is 2.13 bits per heavy atom. The van der Waals surface area contributed by atoms with Crippen LogP contribution in [0.25, 0.3) is 0 Å². The van der Waals surface area contributed by atoms with Crippen molar-refractivity contribution in [2.45, 2.75) is 31.7 Å². The Balaban J connectivity index is 2.35. The summed E-state index contributed by atoms with van der Waals surface area (Å²) in [4.78, 5) is 26.1. The Kier molecular flexibility index (Phi) is 4.75. The SMILES string of the molecule is CN(C)CCCN(C=O)C1CCCC1=O. The predicted octanol–water partition coefficient (Wildman–Crippen LogP) is 0.518. The molecule has 1 atom stereocenters. The number of rotatable bonds is 6. The number of amides is 1. The lowest BCUT2D eigenvalue weighted by molar-refractivity contribution is -0.129. The van der Waals surface area contributed by atoms with E-state index in [-0.39, 0.29) is 11.8 Å². The van der Waals surface area contributed by atoms with E-state index in [9.17, 15) is 9.59 Å². The Morgan fingerprint density at radius 3 is 2.60 bits per heavy atom. The molecular weight excluding hydrogens is 192 g/mol. The standard InChI is InChI=1S/C11H20N2O2/c1-12(2)7-4-8-13(9-14)10-5-3-6-11(10)15/h9-10H,3-8H2,1-2H3. The minimum Gasteiger partial charge on any atom is -0.335 e. The maximum Gasteiger partial charge on any atom is 0.210 e. The molecule has 0 spiro atoms. The maximum absolute atomic E-state index is 11.5. The fraction of sp³-hybridized carbons (Fsp3) is 0.818. The molecule has 0 heterocycles. The summed E-state index contributed by atoms with van der Waals surface area (Å²) in [6, 6.07) is -0.135. The van der Waals surface area contributed by atoms with Gasteiger partial charge in [-0.2, -0.15) is 0 Å². The molecule has 1 saturated carbocycles. The van der Waals surface area contributed by atoms with Crippen LogP contribution in [0.3, 0.4) is 0 Å². The van der Waals surface area contributed by atoms with E-state index < -0.39 is 0 Å². The first-order valence-corrected chi connectivity index (χ1v) is 5.53. The van der Waals surface area contributed by atoms with Crippen molar-refractivity contribution in [1.29, 1.82) is 0 Å². The van der Waals surface area contributed by atoms with E-state index in [4.69, 9.17) is 0 Å². The van der Waals surface area contributed by atoms with Crippen LogP contribution in [-0.4, -0.2) is 55.2 Å². The second kappa shape index (κ2) is 5.85. The number of Topliss-reactive ketones (excluding diaryl/α,β-unsaturated/α-hetero) is 1. The molecule has 0 saturated heterocycles. The van der Waals surface area contributed by atoms with Gasteiger partial charge in [0.25, 0.3) is 0 Å². The highest BCUT2D eigenvalue weighted by Crippen LogP contribution is 2.19. The smallest absolute Gasteiger partial charge is 0.210 e. The van der Waals surface area contributed by atoms with Crippen LogP contribution in [0.4, 0.5) is 0 Å². The van der Waals surface area contributed by atoms with Crippen LogP contribution in [0.1, 0.15) is 25.7 Å². The summed E-state index contributed by atoms with van der Waals surface area (Å²) in [6.45, 7) is 1.64. The van der Waals surface area contributed by atoms with Crippen molar-refractivity contribution in [3.8, 4) is 0 Å². The third-order valence-electron chi connectivity index (χ3n) is 2.83. The largest absolute Gasteiger partial charge is 0.335 e. The zero-order chi connectivity index (χ0) is 11.3. The first kappa shape index (κ1) is 12.2. The van der Waals surface area contributed by atoms with Crippen LogP contribution in [-0.2, 0) is 9.59 Å². The highest BCUT2D eigenvalue weighted by atomic mass is 16.1. The Morgan fingerprint density at radius 1 is 1.40 bits per heavy atom. The van der Waals surface area contributed by atoms with Crippen LogP contribution in [0.5, 0.6) is 0 Å². The quantitative estimate of drug-likeness (QED) is 0.603. The number of ketones is 1. The topological polar surface area (TPSA) is 40.6 Å². The van der Waals surface area contributed by atoms with Crippen LogP contribution < -0.4 is 0 Å². The highest BCUT2D eigenvalue weighted by Gasteiger charge is 2.28. The van der Waals surface area contributed by atoms with Gasteiger partial charge in [0.05, 0.1) is 6.04 Å². The van der Waals surface area contributed by atoms with Crippen LogP contribution >= 0.6 is 0 Å². The lowest BCUT2D eigenvalue weighted by Gasteiger charge is -2.23. The summed E-state index contributed by atoms with van der Waals surface area (Å²) in [5, 5.41) is 0. The molecule has 1 unspecified atom stereocenters. The molecule has 0 radical (unpaired) electrons. The van der Waals surface area contributed by atoms with Gasteiger partial charge in [0.15, 0.2) is 5.78 Å². The summed E-state index contributed by atoms with van der Waals surface area (Å²) >= 11 is 0. The summed E-state index contributed by atoms with van der Waals surface area (Å²) in [7, 11) is 4.01. The van der Waals surface area contributed by atoms with Crippen molar-refractivity contribution in [3.63, 3.8) is 0 Å². The van der Waals surface area contributed by atoms with E-state index in [0.29, 0.717) is 13.0 Å². The Hall–Kier alpha value is -0.900. The lowest BCUT2D eigenvalue weighted by atomic mass is 10.2. The van der Waals surface area contributed by atoms with E-state index in [1.807, 2.05) is 14.1 Å². The zero-order valence-corrected chi connectivity index (χ0v) is 9.61. The Bertz CT molecular complexity index is 229. The molecular formula is C11H20N2O2. The van der Waals surface area contributed by atoms with Gasteiger partial charge in [-0.15, -0.1) is 0 Å². The molecule has 0 bridgehead atoms. The van der Waals surface area contributed by atoms with Gasteiger partial charge in [-0.1, -0.05) is 0 Å². The molecule has 0 aromatic rings. The normalized spacial score (nSPS) is 21.0. The van der Waals surface area contributed by atoms with Crippen molar-refractivity contribution in [2.75, 3.05) is 27.2 Å². The van der Waals surface area contributed by atoms with Crippen LogP contribution in [0, 0.1) is 0 Å². The second-order valence-corrected chi connectivity index (χ2v) is 4.37. The molecule has 4 heteroatoms. The average molecular weight is 212 g/mol. The van der Waals surface area contributed by atoms with E-state index >= 15 is 0 Å². The maximum atomic E-state index is 11.5. The van der Waals surface area contributed by atoms with Gasteiger partial charge in [0.1, 0.15) is 0 Å². The minimum absolute atomic E-state index is 0.135. The predicted molar refractivity (Wildman–Crippen MR) is 58.6 cm³/mol. The first-order chi connectivity index (χ1) is 7.15. The van der Waals surface area contributed by atoms with E-state index in [0.717, 1.165) is 32.2 Å². The van der Waals surface area contributed by atoms with Gasteiger partial charge in [-0.3, -0.25) is 9.59 Å². The average Bonchev–Trinajstić information content (AvgIpc) is 2.59. The molecule has 15 heavy (non-hydrogen) atoms. The number of carbonyl (C=O) groups is 2. The van der Waals surface area contributed by atoms with Gasteiger partial charge >= 0.3 is 0 Å². The number of hydrogen-bond donors (Lipinski definition) is 0. The fourth-order valence-corrected chi connectivity index (χ4v) is 2.00. The molecule has 1 fully saturated rings. The van der Waals surface area contributed by atoms with Crippen molar-refractivity contribution >= 4 is 12.2 Å². The highest BCUT2D eigenvalue weighted by molar-refractivity contribution is 5.87. The second-order valence-electron chi connectivity index (χ2n) is 4.37. The van der Waals surface area contributed by atoms with Gasteiger partial charge in [-0.05, 0) is 39.9 Å². The molecule has 1 rings (SSSR count). The first-order valence-electron chi connectivity index (χ1n) is 5.53. The molecule has 1 aliphatic carbocycles.